The van der Waals surface area contributed by atoms with Crippen LogP contribution in [-0.4, -0.2) is 20.7 Å². The van der Waals surface area contributed by atoms with Crippen LogP contribution in [0, 0.1) is 0 Å². The zero-order chi connectivity index (χ0) is 18.1. The molecule has 0 saturated carbocycles. The van der Waals surface area contributed by atoms with Crippen LogP contribution in [0.2, 0.25) is 5.02 Å². The first-order chi connectivity index (χ1) is 12.6. The van der Waals surface area contributed by atoms with E-state index in [4.69, 9.17) is 16.0 Å². The van der Waals surface area contributed by atoms with Gasteiger partial charge in [0.1, 0.15) is 5.69 Å². The zero-order valence-corrected chi connectivity index (χ0v) is 15.2. The standard InChI is InChI=1S/C18H13ClN4O2S/c1-23-14(9-13(22-23)15-7-4-8-25-15)16-10-20-18(26-16)21-17(24)11-5-2-3-6-12(11)19/h2-10H,1H3,(H,20,21,24). The van der Waals surface area contributed by atoms with Crippen molar-refractivity contribution >= 4 is 34.0 Å². The molecule has 4 aromatic rings. The molecule has 26 heavy (non-hydrogen) atoms. The number of aryl methyl sites for hydroxylation is 1. The molecule has 0 spiro atoms. The molecule has 130 valence electrons. The van der Waals surface area contributed by atoms with E-state index in [1.807, 2.05) is 25.2 Å². The van der Waals surface area contributed by atoms with Gasteiger partial charge in [0, 0.05) is 13.2 Å². The van der Waals surface area contributed by atoms with Crippen molar-refractivity contribution in [2.45, 2.75) is 0 Å². The number of rotatable bonds is 4. The first kappa shape index (κ1) is 16.6. The molecule has 0 unspecified atom stereocenters. The Kier molecular flexibility index (Phi) is 4.32. The molecule has 8 heteroatoms. The number of hydrogen-bond acceptors (Lipinski definition) is 5. The molecular weight excluding hydrogens is 372 g/mol. The quantitative estimate of drug-likeness (QED) is 0.553. The summed E-state index contributed by atoms with van der Waals surface area (Å²) in [6, 6.07) is 12.5. The maximum atomic E-state index is 12.3. The fourth-order valence-electron chi connectivity index (χ4n) is 2.50. The van der Waals surface area contributed by atoms with Crippen LogP contribution in [0.4, 0.5) is 5.13 Å². The number of nitrogens with zero attached hydrogens (tertiary/aromatic N) is 3. The summed E-state index contributed by atoms with van der Waals surface area (Å²) in [6.45, 7) is 0. The molecule has 1 N–H and O–H groups in total. The van der Waals surface area contributed by atoms with E-state index in [0.717, 1.165) is 16.3 Å². The topological polar surface area (TPSA) is 73.0 Å². The average Bonchev–Trinajstić information content (AvgIpc) is 3.35. The Morgan fingerprint density at radius 3 is 2.88 bits per heavy atom. The van der Waals surface area contributed by atoms with Gasteiger partial charge in [-0.05, 0) is 30.3 Å². The summed E-state index contributed by atoms with van der Waals surface area (Å²) in [5.41, 5.74) is 2.03. The van der Waals surface area contributed by atoms with Gasteiger partial charge in [0.25, 0.3) is 5.91 Å². The van der Waals surface area contributed by atoms with E-state index in [9.17, 15) is 4.79 Å². The van der Waals surface area contributed by atoms with Crippen LogP contribution >= 0.6 is 22.9 Å². The molecule has 0 aliphatic heterocycles. The van der Waals surface area contributed by atoms with Crippen LogP contribution in [0.3, 0.4) is 0 Å². The van der Waals surface area contributed by atoms with E-state index in [1.165, 1.54) is 11.3 Å². The van der Waals surface area contributed by atoms with Gasteiger partial charge in [-0.25, -0.2) is 4.98 Å². The van der Waals surface area contributed by atoms with Crippen molar-refractivity contribution in [2.75, 3.05) is 5.32 Å². The monoisotopic (exact) mass is 384 g/mol. The highest BCUT2D eigenvalue weighted by atomic mass is 35.5. The van der Waals surface area contributed by atoms with E-state index < -0.39 is 0 Å². The number of aromatic nitrogens is 3. The summed E-state index contributed by atoms with van der Waals surface area (Å²) in [5.74, 6) is 0.404. The predicted octanol–water partition coefficient (Wildman–Crippen LogP) is 4.71. The number of nitrogens with one attached hydrogen (secondary N) is 1. The number of anilines is 1. The lowest BCUT2D eigenvalue weighted by molar-refractivity contribution is 0.102. The first-order valence-corrected chi connectivity index (χ1v) is 8.91. The number of halogens is 1. The smallest absolute Gasteiger partial charge is 0.258 e. The van der Waals surface area contributed by atoms with Crippen LogP contribution < -0.4 is 5.32 Å². The number of carbonyl (C=O) groups excluding carboxylic acids is 1. The SMILES string of the molecule is Cn1nc(-c2ccco2)cc1-c1cnc(NC(=O)c2ccccc2Cl)s1. The van der Waals surface area contributed by atoms with E-state index >= 15 is 0 Å². The molecule has 0 radical (unpaired) electrons. The van der Waals surface area contributed by atoms with Crippen LogP contribution in [0.25, 0.3) is 22.0 Å². The minimum atomic E-state index is -0.294. The third-order valence-electron chi connectivity index (χ3n) is 3.75. The third kappa shape index (κ3) is 3.14. The van der Waals surface area contributed by atoms with Gasteiger partial charge in [-0.2, -0.15) is 5.10 Å². The summed E-state index contributed by atoms with van der Waals surface area (Å²) in [6.07, 6.45) is 3.31. The molecule has 0 atom stereocenters. The lowest BCUT2D eigenvalue weighted by atomic mass is 10.2. The summed E-state index contributed by atoms with van der Waals surface area (Å²) in [4.78, 5) is 17.5. The fourth-order valence-corrected chi connectivity index (χ4v) is 3.58. The van der Waals surface area contributed by atoms with E-state index in [1.54, 1.807) is 41.4 Å². The van der Waals surface area contributed by atoms with E-state index in [0.29, 0.717) is 21.5 Å². The normalized spacial score (nSPS) is 10.8. The second-order valence-electron chi connectivity index (χ2n) is 5.48. The molecular formula is C18H13ClN4O2S. The van der Waals surface area contributed by atoms with Gasteiger partial charge < -0.3 is 4.42 Å². The van der Waals surface area contributed by atoms with Crippen molar-refractivity contribution in [1.29, 1.82) is 0 Å². The average molecular weight is 385 g/mol. The van der Waals surface area contributed by atoms with E-state index in [-0.39, 0.29) is 5.91 Å². The molecule has 1 aromatic carbocycles. The second-order valence-corrected chi connectivity index (χ2v) is 6.92. The molecule has 4 rings (SSSR count). The summed E-state index contributed by atoms with van der Waals surface area (Å²) in [7, 11) is 1.85. The number of furan rings is 1. The maximum Gasteiger partial charge on any atom is 0.258 e. The molecule has 0 aliphatic rings. The molecule has 0 saturated heterocycles. The highest BCUT2D eigenvalue weighted by molar-refractivity contribution is 7.19. The van der Waals surface area contributed by atoms with Crippen molar-refractivity contribution in [1.82, 2.24) is 14.8 Å². The zero-order valence-electron chi connectivity index (χ0n) is 13.6. The number of benzene rings is 1. The summed E-state index contributed by atoms with van der Waals surface area (Å²) in [5, 5.41) is 8.13. The highest BCUT2D eigenvalue weighted by Gasteiger charge is 2.16. The molecule has 0 aliphatic carbocycles. The Bertz CT molecular complexity index is 1070. The van der Waals surface area contributed by atoms with Gasteiger partial charge in [0.05, 0.1) is 27.4 Å². The van der Waals surface area contributed by atoms with Crippen molar-refractivity contribution < 1.29 is 9.21 Å². The van der Waals surface area contributed by atoms with Crippen molar-refractivity contribution in [3.05, 3.63) is 65.5 Å². The molecule has 0 bridgehead atoms. The second kappa shape index (κ2) is 6.78. The Morgan fingerprint density at radius 1 is 1.27 bits per heavy atom. The predicted molar refractivity (Wildman–Crippen MR) is 101 cm³/mol. The van der Waals surface area contributed by atoms with Gasteiger partial charge in [-0.1, -0.05) is 35.1 Å². The van der Waals surface area contributed by atoms with Gasteiger partial charge >= 0.3 is 0 Å². The Labute approximate surface area is 158 Å². The lowest BCUT2D eigenvalue weighted by Crippen LogP contribution is -2.11. The van der Waals surface area contributed by atoms with Gasteiger partial charge in [-0.3, -0.25) is 14.8 Å². The molecule has 3 heterocycles. The van der Waals surface area contributed by atoms with Crippen LogP contribution in [0.1, 0.15) is 10.4 Å². The fraction of sp³-hybridized carbons (Fsp3) is 0.0556. The third-order valence-corrected chi connectivity index (χ3v) is 5.02. The number of amides is 1. The van der Waals surface area contributed by atoms with Gasteiger partial charge in [0.15, 0.2) is 10.9 Å². The van der Waals surface area contributed by atoms with Crippen LogP contribution in [0.5, 0.6) is 0 Å². The van der Waals surface area contributed by atoms with E-state index in [2.05, 4.69) is 15.4 Å². The van der Waals surface area contributed by atoms with Crippen LogP contribution in [0.15, 0.2) is 59.3 Å². The van der Waals surface area contributed by atoms with Crippen molar-refractivity contribution in [3.63, 3.8) is 0 Å². The molecule has 6 nitrogen and oxygen atoms in total. The Morgan fingerprint density at radius 2 is 2.12 bits per heavy atom. The minimum Gasteiger partial charge on any atom is -0.463 e. The van der Waals surface area contributed by atoms with Crippen LogP contribution in [-0.2, 0) is 7.05 Å². The minimum absolute atomic E-state index is 0.294. The largest absolute Gasteiger partial charge is 0.463 e. The Balaban J connectivity index is 1.57. The highest BCUT2D eigenvalue weighted by Crippen LogP contribution is 2.32. The number of carbonyl (C=O) groups is 1. The van der Waals surface area contributed by atoms with Crippen molar-refractivity contribution in [2.24, 2.45) is 7.05 Å². The first-order valence-electron chi connectivity index (χ1n) is 7.72. The van der Waals surface area contributed by atoms with Gasteiger partial charge in [-0.15, -0.1) is 0 Å². The maximum absolute atomic E-state index is 12.3. The molecule has 0 fully saturated rings. The summed E-state index contributed by atoms with van der Waals surface area (Å²) < 4.78 is 7.14. The molecule has 1 amide bonds. The number of hydrogen-bond donors (Lipinski definition) is 1. The lowest BCUT2D eigenvalue weighted by Gasteiger charge is -2.03. The van der Waals surface area contributed by atoms with Gasteiger partial charge in [0.2, 0.25) is 0 Å². The Hall–Kier alpha value is -2.90. The number of thiazole rings is 1. The van der Waals surface area contributed by atoms with Crippen molar-refractivity contribution in [3.8, 4) is 22.0 Å². The summed E-state index contributed by atoms with van der Waals surface area (Å²) >= 11 is 7.42. The molecule has 3 aromatic heterocycles.